The zero-order valence-corrected chi connectivity index (χ0v) is 47.7. The highest BCUT2D eigenvalue weighted by molar-refractivity contribution is 5.74. The first-order valence-electron chi connectivity index (χ1n) is 29.5. The molecule has 1 aliphatic rings. The standard InChI is InChI=1S/C65H102O12/c1-4-7-10-13-16-19-22-25-27-28-29-30-32-34-36-39-42-45-48-51-57(66)73-54-56(75-58(67)52-49-46-43-40-37-33-24-21-18-15-12-9-6-3)55-74-65-63(61(70)60(69)62(77-65)64(71)72)76-59(68)53-50-47-44-41-38-35-31-26-23-20-17-14-11-8-5-2/h7-12,16-21,25-27,29-31,33,37,56,60-63,65,69-70H,4-6,13-15,22-24,28,32,34-36,38-55H2,1-3H3,(H,71,72)/b10-7-,11-8-,12-9-,19-16-,20-17-,21-18-,27-25-,30-29-,31-26-,37-33-. The lowest BCUT2D eigenvalue weighted by Crippen LogP contribution is -2.61. The summed E-state index contributed by atoms with van der Waals surface area (Å²) in [5.74, 6) is -3.22. The molecule has 6 unspecified atom stereocenters. The van der Waals surface area contributed by atoms with Crippen LogP contribution >= 0.6 is 0 Å². The van der Waals surface area contributed by atoms with E-state index in [1.165, 1.54) is 0 Å². The molecular weight excluding hydrogens is 973 g/mol. The van der Waals surface area contributed by atoms with Crippen LogP contribution < -0.4 is 0 Å². The molecule has 77 heavy (non-hydrogen) atoms. The van der Waals surface area contributed by atoms with E-state index in [2.05, 4.69) is 142 Å². The number of unbranched alkanes of at least 4 members (excludes halogenated alkanes) is 14. The lowest BCUT2D eigenvalue weighted by atomic mass is 9.98. The Morgan fingerprint density at radius 3 is 1.19 bits per heavy atom. The van der Waals surface area contributed by atoms with Gasteiger partial charge in [-0.3, -0.25) is 14.4 Å². The Balaban J connectivity index is 2.72. The molecule has 0 aromatic rings. The number of esters is 3. The quantitative estimate of drug-likeness (QED) is 0.0228. The van der Waals surface area contributed by atoms with Gasteiger partial charge in [0.2, 0.25) is 0 Å². The topological polar surface area (TPSA) is 175 Å². The maximum absolute atomic E-state index is 13.1. The lowest BCUT2D eigenvalue weighted by molar-refractivity contribution is -0.301. The van der Waals surface area contributed by atoms with Crippen molar-refractivity contribution >= 4 is 23.9 Å². The molecule has 0 spiro atoms. The van der Waals surface area contributed by atoms with Crippen molar-refractivity contribution in [2.24, 2.45) is 0 Å². The van der Waals surface area contributed by atoms with Crippen molar-refractivity contribution in [1.82, 2.24) is 0 Å². The van der Waals surface area contributed by atoms with Crippen LogP contribution in [0.5, 0.6) is 0 Å². The van der Waals surface area contributed by atoms with Crippen molar-refractivity contribution in [1.29, 1.82) is 0 Å². The van der Waals surface area contributed by atoms with Crippen molar-refractivity contribution < 1.29 is 58.2 Å². The van der Waals surface area contributed by atoms with Crippen LogP contribution in [0.4, 0.5) is 0 Å². The van der Waals surface area contributed by atoms with E-state index in [-0.39, 0.29) is 25.9 Å². The second-order valence-electron chi connectivity index (χ2n) is 19.5. The van der Waals surface area contributed by atoms with Crippen LogP contribution in [0, 0.1) is 0 Å². The van der Waals surface area contributed by atoms with Gasteiger partial charge in [0.05, 0.1) is 6.61 Å². The number of aliphatic carboxylic acids is 1. The molecule has 434 valence electrons. The number of aliphatic hydroxyl groups is 2. The molecule has 1 saturated heterocycles. The van der Waals surface area contributed by atoms with Crippen LogP contribution in [-0.2, 0) is 42.9 Å². The average Bonchev–Trinajstić information content (AvgIpc) is 3.42. The number of rotatable bonds is 48. The fourth-order valence-corrected chi connectivity index (χ4v) is 8.09. The molecule has 12 nitrogen and oxygen atoms in total. The highest BCUT2D eigenvalue weighted by Crippen LogP contribution is 2.26. The fraction of sp³-hybridized carbons (Fsp3) is 0.631. The molecule has 1 aliphatic heterocycles. The molecule has 12 heteroatoms. The van der Waals surface area contributed by atoms with Gasteiger partial charge >= 0.3 is 23.9 Å². The summed E-state index contributed by atoms with van der Waals surface area (Å²) in [6.45, 7) is 5.59. The second-order valence-corrected chi connectivity index (χ2v) is 19.5. The number of carboxylic acid groups (broad SMARTS) is 1. The Kier molecular flexibility index (Phi) is 47.2. The zero-order valence-electron chi connectivity index (χ0n) is 47.7. The molecular formula is C65H102O12. The minimum absolute atomic E-state index is 0.0295. The van der Waals surface area contributed by atoms with Crippen LogP contribution in [0.25, 0.3) is 0 Å². The average molecular weight is 1080 g/mol. The van der Waals surface area contributed by atoms with Crippen molar-refractivity contribution in [3.63, 3.8) is 0 Å². The molecule has 0 bridgehead atoms. The summed E-state index contributed by atoms with van der Waals surface area (Å²) in [4.78, 5) is 51.1. The number of hydrogen-bond donors (Lipinski definition) is 3. The third-order valence-electron chi connectivity index (χ3n) is 12.5. The Morgan fingerprint density at radius 1 is 0.429 bits per heavy atom. The maximum atomic E-state index is 13.1. The van der Waals surface area contributed by atoms with Gasteiger partial charge in [0.15, 0.2) is 24.6 Å². The minimum Gasteiger partial charge on any atom is -0.479 e. The fourth-order valence-electron chi connectivity index (χ4n) is 8.09. The first-order valence-corrected chi connectivity index (χ1v) is 29.5. The smallest absolute Gasteiger partial charge is 0.335 e. The number of carbonyl (C=O) groups excluding carboxylic acids is 3. The van der Waals surface area contributed by atoms with Gasteiger partial charge in [0, 0.05) is 19.3 Å². The van der Waals surface area contributed by atoms with E-state index in [0.29, 0.717) is 19.3 Å². The Hall–Kier alpha value is -4.88. The molecule has 0 aromatic carbocycles. The largest absolute Gasteiger partial charge is 0.479 e. The second kappa shape index (κ2) is 51.9. The highest BCUT2D eigenvalue weighted by Gasteiger charge is 2.50. The molecule has 3 N–H and O–H groups in total. The van der Waals surface area contributed by atoms with E-state index in [1.54, 1.807) is 0 Å². The lowest BCUT2D eigenvalue weighted by Gasteiger charge is -2.40. The van der Waals surface area contributed by atoms with Crippen molar-refractivity contribution in [2.75, 3.05) is 13.2 Å². The monoisotopic (exact) mass is 1070 g/mol. The van der Waals surface area contributed by atoms with Crippen molar-refractivity contribution in [3.05, 3.63) is 122 Å². The number of allylic oxidation sites excluding steroid dienone is 20. The van der Waals surface area contributed by atoms with Gasteiger partial charge in [-0.25, -0.2) is 4.79 Å². The normalized spacial score (nSPS) is 18.9. The summed E-state index contributed by atoms with van der Waals surface area (Å²) in [5, 5.41) is 31.5. The molecule has 0 amide bonds. The molecule has 1 heterocycles. The molecule has 1 rings (SSSR count). The van der Waals surface area contributed by atoms with Gasteiger partial charge in [-0.1, -0.05) is 194 Å². The van der Waals surface area contributed by atoms with E-state index in [9.17, 15) is 34.5 Å². The van der Waals surface area contributed by atoms with Gasteiger partial charge in [-0.05, 0) is 122 Å². The molecule has 0 radical (unpaired) electrons. The van der Waals surface area contributed by atoms with Crippen LogP contribution in [0.3, 0.4) is 0 Å². The number of ether oxygens (including phenoxy) is 5. The number of carbonyl (C=O) groups is 4. The summed E-state index contributed by atoms with van der Waals surface area (Å²) >= 11 is 0. The Bertz CT molecular complexity index is 1800. The van der Waals surface area contributed by atoms with Crippen LogP contribution in [-0.4, -0.2) is 89.2 Å². The number of hydrogen-bond acceptors (Lipinski definition) is 11. The third kappa shape index (κ3) is 41.8. The van der Waals surface area contributed by atoms with Gasteiger partial charge in [0.1, 0.15) is 18.8 Å². The predicted octanol–water partition coefficient (Wildman–Crippen LogP) is 15.2. The van der Waals surface area contributed by atoms with Crippen LogP contribution in [0.15, 0.2) is 122 Å². The number of aliphatic hydroxyl groups excluding tert-OH is 2. The van der Waals surface area contributed by atoms with Crippen molar-refractivity contribution in [2.45, 2.75) is 250 Å². The molecule has 0 aliphatic carbocycles. The van der Waals surface area contributed by atoms with Gasteiger partial charge < -0.3 is 39.0 Å². The Labute approximate surface area is 465 Å². The third-order valence-corrected chi connectivity index (χ3v) is 12.5. The van der Waals surface area contributed by atoms with E-state index in [1.807, 2.05) is 0 Å². The van der Waals surface area contributed by atoms with Crippen LogP contribution in [0.2, 0.25) is 0 Å². The molecule has 6 atom stereocenters. The minimum atomic E-state index is -1.92. The first-order chi connectivity index (χ1) is 37.6. The first kappa shape index (κ1) is 70.1. The van der Waals surface area contributed by atoms with Gasteiger partial charge in [-0.15, -0.1) is 0 Å². The van der Waals surface area contributed by atoms with E-state index in [0.717, 1.165) is 154 Å². The maximum Gasteiger partial charge on any atom is 0.335 e. The van der Waals surface area contributed by atoms with Crippen molar-refractivity contribution in [3.8, 4) is 0 Å². The summed E-state index contributed by atoms with van der Waals surface area (Å²) < 4.78 is 28.4. The highest BCUT2D eigenvalue weighted by atomic mass is 16.7. The molecule has 0 aromatic heterocycles. The summed E-state index contributed by atoms with van der Waals surface area (Å²) in [6.07, 6.45) is 58.8. The van der Waals surface area contributed by atoms with E-state index >= 15 is 0 Å². The summed E-state index contributed by atoms with van der Waals surface area (Å²) in [7, 11) is 0. The summed E-state index contributed by atoms with van der Waals surface area (Å²) in [6, 6.07) is 0. The van der Waals surface area contributed by atoms with Gasteiger partial charge in [-0.2, -0.15) is 0 Å². The molecule has 1 fully saturated rings. The van der Waals surface area contributed by atoms with E-state index in [4.69, 9.17) is 23.7 Å². The van der Waals surface area contributed by atoms with Crippen LogP contribution in [0.1, 0.15) is 213 Å². The molecule has 0 saturated carbocycles. The number of carboxylic acids is 1. The zero-order chi connectivity index (χ0) is 56.1. The predicted molar refractivity (Wildman–Crippen MR) is 312 cm³/mol. The SMILES string of the molecule is CC/C=C\C/C=C\C/C=C\C/C=C\CCCCCCCCC(=O)OCC(COC1OC(C(=O)O)C(O)C(O)C1OC(=O)CCCCCCC/C=C\C/C=C\C/C=C\CC)OC(=O)CCCCC/C=C\C/C=C\C/C=C\CC. The Morgan fingerprint density at radius 2 is 0.779 bits per heavy atom. The van der Waals surface area contributed by atoms with Gasteiger partial charge in [0.25, 0.3) is 0 Å². The summed E-state index contributed by atoms with van der Waals surface area (Å²) in [5.41, 5.74) is 0. The van der Waals surface area contributed by atoms with E-state index < -0.39 is 67.3 Å².